The first-order chi connectivity index (χ1) is 12.5. The molecule has 2 rings (SSSR count). The monoisotopic (exact) mass is 409 g/mol. The van der Waals surface area contributed by atoms with Crippen molar-refractivity contribution in [3.05, 3.63) is 59.1 Å². The van der Waals surface area contributed by atoms with Crippen LogP contribution in [0, 0.1) is 0 Å². The fourth-order valence-electron chi connectivity index (χ4n) is 2.63. The Morgan fingerprint density at radius 2 is 1.78 bits per heavy atom. The van der Waals surface area contributed by atoms with E-state index in [1.54, 1.807) is 29.2 Å². The summed E-state index contributed by atoms with van der Waals surface area (Å²) in [4.78, 5) is 26.4. The first-order valence-electron chi connectivity index (χ1n) is 8.66. The fourth-order valence-corrected chi connectivity index (χ4v) is 2.76. The van der Waals surface area contributed by atoms with Crippen molar-refractivity contribution in [2.75, 3.05) is 24.1 Å². The second-order valence-electron chi connectivity index (χ2n) is 6.07. The van der Waals surface area contributed by atoms with Gasteiger partial charge >= 0.3 is 0 Å². The number of hydrogen-bond donors (Lipinski definition) is 2. The van der Waals surface area contributed by atoms with Gasteiger partial charge in [0.05, 0.1) is 6.54 Å². The highest BCUT2D eigenvalue weighted by atomic mass is 35.5. The number of rotatable bonds is 8. The zero-order valence-electron chi connectivity index (χ0n) is 15.3. The van der Waals surface area contributed by atoms with E-state index in [0.29, 0.717) is 35.8 Å². The van der Waals surface area contributed by atoms with E-state index in [2.05, 4.69) is 5.32 Å². The smallest absolute Gasteiger partial charge is 0.243 e. The van der Waals surface area contributed by atoms with Gasteiger partial charge in [0.25, 0.3) is 0 Å². The van der Waals surface area contributed by atoms with Crippen LogP contribution in [-0.4, -0.2) is 29.8 Å². The molecule has 5 nitrogen and oxygen atoms in total. The summed E-state index contributed by atoms with van der Waals surface area (Å²) in [6, 6.07) is 14.4. The van der Waals surface area contributed by atoms with Crippen molar-refractivity contribution in [3.63, 3.8) is 0 Å². The number of hydrogen-bond acceptors (Lipinski definition) is 3. The lowest BCUT2D eigenvalue weighted by molar-refractivity contribution is -0.134. The van der Waals surface area contributed by atoms with Crippen molar-refractivity contribution in [3.8, 4) is 0 Å². The molecule has 0 fully saturated rings. The number of para-hydroxylation sites is 1. The summed E-state index contributed by atoms with van der Waals surface area (Å²) >= 11 is 5.84. The Hall–Kier alpha value is -2.24. The quantitative estimate of drug-likeness (QED) is 0.642. The third-order valence-electron chi connectivity index (χ3n) is 3.97. The van der Waals surface area contributed by atoms with Crippen LogP contribution in [0.5, 0.6) is 0 Å². The maximum atomic E-state index is 12.5. The van der Waals surface area contributed by atoms with Crippen LogP contribution >= 0.6 is 24.0 Å². The van der Waals surface area contributed by atoms with E-state index in [-0.39, 0.29) is 30.8 Å². The molecule has 0 bridgehead atoms. The van der Waals surface area contributed by atoms with E-state index in [1.807, 2.05) is 31.2 Å². The zero-order valence-corrected chi connectivity index (χ0v) is 16.9. The number of nitrogens with zero attached hydrogens (tertiary/aromatic N) is 1. The highest BCUT2D eigenvalue weighted by Gasteiger charge is 2.17. The van der Waals surface area contributed by atoms with Gasteiger partial charge in [0.15, 0.2) is 0 Å². The predicted octanol–water partition coefficient (Wildman–Crippen LogP) is 4.15. The number of nitrogen functional groups attached to an aromatic ring is 1. The second kappa shape index (κ2) is 11.5. The van der Waals surface area contributed by atoms with Crippen LogP contribution in [0.4, 0.5) is 11.4 Å². The van der Waals surface area contributed by atoms with Gasteiger partial charge in [-0.2, -0.15) is 0 Å². The molecule has 2 amide bonds. The minimum atomic E-state index is -0.228. The Kier molecular flexibility index (Phi) is 9.68. The van der Waals surface area contributed by atoms with Crippen molar-refractivity contribution in [2.45, 2.75) is 26.2 Å². The summed E-state index contributed by atoms with van der Waals surface area (Å²) in [5, 5.41) is 3.39. The van der Waals surface area contributed by atoms with Gasteiger partial charge in [-0.15, -0.1) is 12.4 Å². The van der Waals surface area contributed by atoms with Crippen LogP contribution in [0.1, 0.15) is 25.3 Å². The van der Waals surface area contributed by atoms with Crippen molar-refractivity contribution in [2.24, 2.45) is 0 Å². The van der Waals surface area contributed by atoms with E-state index in [0.717, 1.165) is 12.0 Å². The number of nitrogens with two attached hydrogens (primary N) is 1. The molecule has 27 heavy (non-hydrogen) atoms. The van der Waals surface area contributed by atoms with Gasteiger partial charge in [-0.3, -0.25) is 9.59 Å². The third kappa shape index (κ3) is 7.49. The first-order valence-corrected chi connectivity index (χ1v) is 9.04. The van der Waals surface area contributed by atoms with E-state index in [1.165, 1.54) is 0 Å². The van der Waals surface area contributed by atoms with Crippen LogP contribution < -0.4 is 11.1 Å². The van der Waals surface area contributed by atoms with E-state index in [9.17, 15) is 9.59 Å². The average Bonchev–Trinajstić information content (AvgIpc) is 2.62. The van der Waals surface area contributed by atoms with Gasteiger partial charge in [-0.05, 0) is 48.7 Å². The van der Waals surface area contributed by atoms with Gasteiger partial charge in [0.2, 0.25) is 11.8 Å². The summed E-state index contributed by atoms with van der Waals surface area (Å²) in [5.74, 6) is -0.283. The Morgan fingerprint density at radius 1 is 1.11 bits per heavy atom. The normalized spacial score (nSPS) is 10.0. The van der Waals surface area contributed by atoms with Gasteiger partial charge in [-0.25, -0.2) is 0 Å². The minimum absolute atomic E-state index is 0. The lowest BCUT2D eigenvalue weighted by atomic mass is 10.1. The Balaban J connectivity index is 0.00000364. The highest BCUT2D eigenvalue weighted by Crippen LogP contribution is 2.15. The standard InChI is InChI=1S/C20H24ClN3O2.ClH/c1-2-13-24(14-19(25)23-17-10-8-16(21)9-11-17)20(26)12-7-15-5-3-4-6-18(15)22;/h3-6,8-11H,2,7,12-14,22H2,1H3,(H,23,25);1H. The molecule has 0 saturated carbocycles. The summed E-state index contributed by atoms with van der Waals surface area (Å²) in [7, 11) is 0. The lowest BCUT2D eigenvalue weighted by Crippen LogP contribution is -2.38. The SMILES string of the molecule is CCCN(CC(=O)Nc1ccc(Cl)cc1)C(=O)CCc1ccccc1N.Cl. The summed E-state index contributed by atoms with van der Waals surface area (Å²) in [5.41, 5.74) is 8.20. The number of carbonyl (C=O) groups is 2. The molecular formula is C20H25Cl2N3O2. The molecule has 7 heteroatoms. The molecule has 0 saturated heterocycles. The van der Waals surface area contributed by atoms with Gasteiger partial charge in [0.1, 0.15) is 0 Å². The van der Waals surface area contributed by atoms with Crippen molar-refractivity contribution >= 4 is 47.2 Å². The fraction of sp³-hybridized carbons (Fsp3) is 0.300. The molecule has 146 valence electrons. The topological polar surface area (TPSA) is 75.4 Å². The first kappa shape index (κ1) is 22.8. The highest BCUT2D eigenvalue weighted by molar-refractivity contribution is 6.30. The number of aryl methyl sites for hydroxylation is 1. The van der Waals surface area contributed by atoms with E-state index >= 15 is 0 Å². The molecule has 0 aliphatic carbocycles. The average molecular weight is 410 g/mol. The van der Waals surface area contributed by atoms with E-state index in [4.69, 9.17) is 17.3 Å². The third-order valence-corrected chi connectivity index (χ3v) is 4.22. The maximum absolute atomic E-state index is 12.5. The maximum Gasteiger partial charge on any atom is 0.243 e. The Morgan fingerprint density at radius 3 is 2.41 bits per heavy atom. The van der Waals surface area contributed by atoms with Crippen LogP contribution in [0.3, 0.4) is 0 Å². The van der Waals surface area contributed by atoms with Crippen molar-refractivity contribution in [1.29, 1.82) is 0 Å². The molecule has 0 spiro atoms. The summed E-state index contributed by atoms with van der Waals surface area (Å²) < 4.78 is 0. The molecule has 0 aromatic heterocycles. The molecule has 0 radical (unpaired) electrons. The van der Waals surface area contributed by atoms with Gasteiger partial charge in [-0.1, -0.05) is 36.7 Å². The molecule has 0 aliphatic rings. The molecule has 3 N–H and O–H groups in total. The molecule has 2 aromatic carbocycles. The number of amides is 2. The Bertz CT molecular complexity index is 751. The minimum Gasteiger partial charge on any atom is -0.399 e. The lowest BCUT2D eigenvalue weighted by Gasteiger charge is -2.22. The predicted molar refractivity (Wildman–Crippen MR) is 113 cm³/mol. The summed E-state index contributed by atoms with van der Waals surface area (Å²) in [6.07, 6.45) is 1.67. The van der Waals surface area contributed by atoms with Crippen LogP contribution in [0.15, 0.2) is 48.5 Å². The van der Waals surface area contributed by atoms with E-state index < -0.39 is 0 Å². The molecule has 0 unspecified atom stereocenters. The number of carbonyl (C=O) groups excluding carboxylic acids is 2. The summed E-state index contributed by atoms with van der Waals surface area (Å²) in [6.45, 7) is 2.54. The van der Waals surface area contributed by atoms with Crippen LogP contribution in [0.2, 0.25) is 5.02 Å². The number of benzene rings is 2. The largest absolute Gasteiger partial charge is 0.399 e. The van der Waals surface area contributed by atoms with Gasteiger partial charge < -0.3 is 16.0 Å². The molecule has 0 atom stereocenters. The zero-order chi connectivity index (χ0) is 18.9. The molecular weight excluding hydrogens is 385 g/mol. The Labute approximate surface area is 171 Å². The number of nitrogens with one attached hydrogen (secondary N) is 1. The van der Waals surface area contributed by atoms with Crippen molar-refractivity contribution < 1.29 is 9.59 Å². The molecule has 2 aromatic rings. The van der Waals surface area contributed by atoms with Crippen LogP contribution in [0.25, 0.3) is 0 Å². The van der Waals surface area contributed by atoms with Crippen molar-refractivity contribution in [1.82, 2.24) is 4.90 Å². The van der Waals surface area contributed by atoms with Crippen LogP contribution in [-0.2, 0) is 16.0 Å². The molecule has 0 aliphatic heterocycles. The van der Waals surface area contributed by atoms with Gasteiger partial charge in [0, 0.05) is 29.4 Å². The second-order valence-corrected chi connectivity index (χ2v) is 6.51. The number of anilines is 2. The number of halogens is 2. The molecule has 0 heterocycles.